The number of carbonyl (C=O) groups excluding carboxylic acids is 1. The minimum Gasteiger partial charge on any atom is -0.469 e. The number of oxazole rings is 1. The van der Waals surface area contributed by atoms with Crippen molar-refractivity contribution in [2.24, 2.45) is 0 Å². The van der Waals surface area contributed by atoms with E-state index >= 15 is 0 Å². The number of hydrogen-bond acceptors (Lipinski definition) is 5. The van der Waals surface area contributed by atoms with Crippen molar-refractivity contribution in [2.45, 2.75) is 40.2 Å². The van der Waals surface area contributed by atoms with Crippen molar-refractivity contribution in [1.29, 1.82) is 0 Å². The van der Waals surface area contributed by atoms with Crippen LogP contribution in [-0.2, 0) is 16.1 Å². The van der Waals surface area contributed by atoms with Gasteiger partial charge in [0.2, 0.25) is 5.89 Å². The summed E-state index contributed by atoms with van der Waals surface area (Å²) in [6.45, 7) is 8.09. The highest BCUT2D eigenvalue weighted by molar-refractivity contribution is 5.78. The van der Waals surface area contributed by atoms with Crippen LogP contribution in [0.5, 0.6) is 0 Å². The number of carbonyl (C=O) groups is 1. The molecule has 3 rings (SSSR count). The predicted octanol–water partition coefficient (Wildman–Crippen LogP) is 3.79. The molecule has 0 aliphatic heterocycles. The number of esters is 1. The van der Waals surface area contributed by atoms with Gasteiger partial charge in [0.05, 0.1) is 25.3 Å². The van der Waals surface area contributed by atoms with Crippen LogP contribution in [0.15, 0.2) is 34.7 Å². The van der Waals surface area contributed by atoms with Crippen LogP contribution in [0.1, 0.15) is 41.2 Å². The van der Waals surface area contributed by atoms with Crippen molar-refractivity contribution >= 4 is 5.97 Å². The van der Waals surface area contributed by atoms with Gasteiger partial charge in [0, 0.05) is 16.8 Å². The molecule has 3 aromatic rings. The van der Waals surface area contributed by atoms with E-state index < -0.39 is 0 Å². The second kappa shape index (κ2) is 7.15. The first-order valence-corrected chi connectivity index (χ1v) is 8.55. The van der Waals surface area contributed by atoms with Gasteiger partial charge in [-0.25, -0.2) is 4.98 Å². The predicted molar refractivity (Wildman–Crippen MR) is 97.9 cm³/mol. The quantitative estimate of drug-likeness (QED) is 0.653. The number of benzene rings is 1. The van der Waals surface area contributed by atoms with Crippen LogP contribution in [0, 0.1) is 20.8 Å². The van der Waals surface area contributed by atoms with Crippen LogP contribution in [0.25, 0.3) is 11.5 Å². The zero-order valence-corrected chi connectivity index (χ0v) is 15.7. The van der Waals surface area contributed by atoms with Crippen LogP contribution in [-0.4, -0.2) is 27.8 Å². The fraction of sp³-hybridized carbons (Fsp3) is 0.350. The van der Waals surface area contributed by atoms with Crippen molar-refractivity contribution in [2.75, 3.05) is 7.11 Å². The summed E-state index contributed by atoms with van der Waals surface area (Å²) in [5.74, 6) is 0.744. The van der Waals surface area contributed by atoms with Gasteiger partial charge < -0.3 is 9.15 Å². The lowest BCUT2D eigenvalue weighted by atomic mass is 9.99. The van der Waals surface area contributed by atoms with E-state index in [1.807, 2.05) is 62.7 Å². The molecular formula is C20H23N3O3. The van der Waals surface area contributed by atoms with E-state index in [4.69, 9.17) is 9.15 Å². The SMILES string of the molecule is COC(=O)[C@@H](C)c1c(C)nn(Cc2nc(-c3ccccc3)oc2C)c1C. The number of aryl methyl sites for hydroxylation is 2. The van der Waals surface area contributed by atoms with E-state index in [0.29, 0.717) is 12.4 Å². The fourth-order valence-corrected chi connectivity index (χ4v) is 3.21. The molecule has 0 N–H and O–H groups in total. The molecule has 6 heteroatoms. The van der Waals surface area contributed by atoms with Gasteiger partial charge in [0.1, 0.15) is 11.5 Å². The lowest BCUT2D eigenvalue weighted by molar-refractivity contribution is -0.142. The Morgan fingerprint density at radius 1 is 1.23 bits per heavy atom. The number of nitrogens with zero attached hydrogens (tertiary/aromatic N) is 3. The van der Waals surface area contributed by atoms with Crippen molar-refractivity contribution in [3.05, 3.63) is 58.7 Å². The summed E-state index contributed by atoms with van der Waals surface area (Å²) in [6, 6.07) is 9.80. The van der Waals surface area contributed by atoms with E-state index in [9.17, 15) is 4.79 Å². The third kappa shape index (κ3) is 3.27. The molecule has 1 aromatic carbocycles. The number of rotatable bonds is 5. The van der Waals surface area contributed by atoms with Crippen molar-refractivity contribution in [3.63, 3.8) is 0 Å². The summed E-state index contributed by atoms with van der Waals surface area (Å²) < 4.78 is 12.6. The molecule has 0 fully saturated rings. The molecule has 0 saturated carbocycles. The normalized spacial score (nSPS) is 12.2. The van der Waals surface area contributed by atoms with Crippen LogP contribution in [0.3, 0.4) is 0 Å². The zero-order chi connectivity index (χ0) is 18.8. The molecule has 1 atom stereocenters. The maximum Gasteiger partial charge on any atom is 0.312 e. The molecule has 0 aliphatic carbocycles. The van der Waals surface area contributed by atoms with Gasteiger partial charge in [-0.05, 0) is 39.8 Å². The Bertz CT molecular complexity index is 925. The van der Waals surface area contributed by atoms with E-state index in [1.54, 1.807) is 0 Å². The monoisotopic (exact) mass is 353 g/mol. The van der Waals surface area contributed by atoms with Crippen LogP contribution in [0.4, 0.5) is 0 Å². The molecule has 136 valence electrons. The van der Waals surface area contributed by atoms with E-state index in [1.165, 1.54) is 7.11 Å². The van der Waals surface area contributed by atoms with Crippen LogP contribution >= 0.6 is 0 Å². The molecule has 0 saturated heterocycles. The molecular weight excluding hydrogens is 330 g/mol. The number of hydrogen-bond donors (Lipinski definition) is 0. The molecule has 0 spiro atoms. The van der Waals surface area contributed by atoms with E-state index in [2.05, 4.69) is 10.1 Å². The molecule has 2 heterocycles. The Kier molecular flexibility index (Phi) is 4.93. The van der Waals surface area contributed by atoms with Gasteiger partial charge in [-0.2, -0.15) is 5.10 Å². The Morgan fingerprint density at radius 3 is 2.58 bits per heavy atom. The van der Waals surface area contributed by atoms with E-state index in [-0.39, 0.29) is 11.9 Å². The summed E-state index contributed by atoms with van der Waals surface area (Å²) in [5.41, 5.74) is 4.43. The topological polar surface area (TPSA) is 70.2 Å². The summed E-state index contributed by atoms with van der Waals surface area (Å²) in [4.78, 5) is 16.5. The molecule has 6 nitrogen and oxygen atoms in total. The average molecular weight is 353 g/mol. The van der Waals surface area contributed by atoms with Gasteiger partial charge in [-0.15, -0.1) is 0 Å². The minimum absolute atomic E-state index is 0.264. The Morgan fingerprint density at radius 2 is 1.92 bits per heavy atom. The van der Waals surface area contributed by atoms with E-state index in [0.717, 1.165) is 34.0 Å². The first-order chi connectivity index (χ1) is 12.4. The first kappa shape index (κ1) is 17.9. The van der Waals surface area contributed by atoms with Gasteiger partial charge in [-0.3, -0.25) is 9.48 Å². The summed E-state index contributed by atoms with van der Waals surface area (Å²) >= 11 is 0. The first-order valence-electron chi connectivity index (χ1n) is 8.55. The molecule has 0 unspecified atom stereocenters. The standard InChI is InChI=1S/C20H23N3O3/c1-12(20(24)25-5)18-13(2)22-23(14(18)3)11-17-15(4)26-19(21-17)16-9-7-6-8-10-16/h6-10,12H,11H2,1-5H3/t12-/m0/s1. The number of aromatic nitrogens is 3. The highest BCUT2D eigenvalue weighted by Crippen LogP contribution is 2.26. The third-order valence-electron chi connectivity index (χ3n) is 4.64. The number of ether oxygens (including phenoxy) is 1. The minimum atomic E-state index is -0.355. The Hall–Kier alpha value is -2.89. The maximum atomic E-state index is 11.9. The molecule has 0 bridgehead atoms. The Labute approximate surface area is 152 Å². The summed E-state index contributed by atoms with van der Waals surface area (Å²) in [7, 11) is 1.40. The highest BCUT2D eigenvalue weighted by atomic mass is 16.5. The lowest BCUT2D eigenvalue weighted by Gasteiger charge is -2.10. The fourth-order valence-electron chi connectivity index (χ4n) is 3.21. The number of methoxy groups -OCH3 is 1. The summed E-state index contributed by atoms with van der Waals surface area (Å²) in [6.07, 6.45) is 0. The second-order valence-electron chi connectivity index (χ2n) is 6.37. The van der Waals surface area contributed by atoms with Gasteiger partial charge in [-0.1, -0.05) is 18.2 Å². The molecule has 0 amide bonds. The smallest absolute Gasteiger partial charge is 0.312 e. The van der Waals surface area contributed by atoms with Crippen molar-refractivity contribution in [1.82, 2.24) is 14.8 Å². The van der Waals surface area contributed by atoms with Gasteiger partial charge in [0.15, 0.2) is 0 Å². The zero-order valence-electron chi connectivity index (χ0n) is 15.7. The lowest BCUT2D eigenvalue weighted by Crippen LogP contribution is -2.13. The van der Waals surface area contributed by atoms with Gasteiger partial charge >= 0.3 is 5.97 Å². The molecule has 0 radical (unpaired) electrons. The van der Waals surface area contributed by atoms with Crippen molar-refractivity contribution < 1.29 is 13.9 Å². The van der Waals surface area contributed by atoms with Crippen LogP contribution < -0.4 is 0 Å². The second-order valence-corrected chi connectivity index (χ2v) is 6.37. The maximum absolute atomic E-state index is 11.9. The van der Waals surface area contributed by atoms with Crippen LogP contribution in [0.2, 0.25) is 0 Å². The third-order valence-corrected chi connectivity index (χ3v) is 4.64. The molecule has 2 aromatic heterocycles. The average Bonchev–Trinajstić information content (AvgIpc) is 3.14. The molecule has 0 aliphatic rings. The van der Waals surface area contributed by atoms with Gasteiger partial charge in [0.25, 0.3) is 0 Å². The Balaban J connectivity index is 1.91. The molecule has 26 heavy (non-hydrogen) atoms. The summed E-state index contributed by atoms with van der Waals surface area (Å²) in [5, 5.41) is 4.59. The van der Waals surface area contributed by atoms with Crippen molar-refractivity contribution in [3.8, 4) is 11.5 Å². The largest absolute Gasteiger partial charge is 0.469 e. The highest BCUT2D eigenvalue weighted by Gasteiger charge is 2.24.